The summed E-state index contributed by atoms with van der Waals surface area (Å²) in [7, 11) is -0.675. The average Bonchev–Trinajstić information content (AvgIpc) is 2.67. The Morgan fingerprint density at radius 1 is 1.11 bits per heavy atom. The van der Waals surface area contributed by atoms with Gasteiger partial charge in [-0.25, -0.2) is 13.1 Å². The molecule has 2 aromatic rings. The van der Waals surface area contributed by atoms with Crippen LogP contribution in [0.25, 0.3) is 0 Å². The van der Waals surface area contributed by atoms with Gasteiger partial charge in [0.25, 0.3) is 5.91 Å². The van der Waals surface area contributed by atoms with Crippen LogP contribution in [0.2, 0.25) is 0 Å². The molecule has 0 fully saturated rings. The van der Waals surface area contributed by atoms with E-state index in [4.69, 9.17) is 9.47 Å². The molecule has 0 bridgehead atoms. The van der Waals surface area contributed by atoms with Gasteiger partial charge in [0.15, 0.2) is 0 Å². The van der Waals surface area contributed by atoms with E-state index in [-0.39, 0.29) is 16.5 Å². The lowest BCUT2D eigenvalue weighted by molar-refractivity contribution is 0.102. The quantitative estimate of drug-likeness (QED) is 0.720. The number of amides is 1. The fourth-order valence-electron chi connectivity index (χ4n) is 2.32. The molecule has 0 spiro atoms. The van der Waals surface area contributed by atoms with Crippen LogP contribution in [0.4, 0.5) is 5.69 Å². The second kappa shape index (κ2) is 8.88. The molecule has 0 aromatic heterocycles. The summed E-state index contributed by atoms with van der Waals surface area (Å²) in [5.74, 6) is 0.582. The molecule has 0 saturated heterocycles. The van der Waals surface area contributed by atoms with Crippen molar-refractivity contribution in [3.63, 3.8) is 0 Å². The molecule has 0 aliphatic carbocycles. The van der Waals surface area contributed by atoms with E-state index in [1.807, 2.05) is 6.92 Å². The highest BCUT2D eigenvalue weighted by atomic mass is 32.2. The summed E-state index contributed by atoms with van der Waals surface area (Å²) in [5, 5.41) is 2.72. The molecule has 8 heteroatoms. The fraction of sp³-hybridized carbons (Fsp3) is 0.316. The third-order valence-electron chi connectivity index (χ3n) is 4.03. The molecule has 146 valence electrons. The molecule has 2 N–H and O–H groups in total. The van der Waals surface area contributed by atoms with Crippen LogP contribution in [-0.2, 0) is 10.0 Å². The summed E-state index contributed by atoms with van der Waals surface area (Å²) in [6.07, 6.45) is 0.663. The van der Waals surface area contributed by atoms with E-state index in [2.05, 4.69) is 10.0 Å². The molecule has 2 rings (SSSR count). The van der Waals surface area contributed by atoms with Gasteiger partial charge in [0.1, 0.15) is 11.5 Å². The normalized spacial score (nSPS) is 12.3. The first kappa shape index (κ1) is 20.7. The number of rotatable bonds is 8. The van der Waals surface area contributed by atoms with Crippen LogP contribution in [0.5, 0.6) is 11.5 Å². The molecule has 1 unspecified atom stereocenters. The number of carbonyl (C=O) groups is 1. The largest absolute Gasteiger partial charge is 0.497 e. The van der Waals surface area contributed by atoms with Crippen molar-refractivity contribution in [3.05, 3.63) is 48.0 Å². The van der Waals surface area contributed by atoms with Gasteiger partial charge < -0.3 is 14.8 Å². The van der Waals surface area contributed by atoms with Gasteiger partial charge in [0, 0.05) is 17.7 Å². The Balaban J connectivity index is 2.26. The van der Waals surface area contributed by atoms with Gasteiger partial charge >= 0.3 is 0 Å². The topological polar surface area (TPSA) is 93.7 Å². The molecule has 0 saturated carbocycles. The van der Waals surface area contributed by atoms with Crippen LogP contribution in [0, 0.1) is 0 Å². The molecule has 2 aromatic carbocycles. The minimum absolute atomic E-state index is 0.0390. The lowest BCUT2D eigenvalue weighted by atomic mass is 10.2. The average molecular weight is 392 g/mol. The van der Waals surface area contributed by atoms with Crippen molar-refractivity contribution in [1.29, 1.82) is 0 Å². The van der Waals surface area contributed by atoms with E-state index in [1.165, 1.54) is 32.4 Å². The highest BCUT2D eigenvalue weighted by molar-refractivity contribution is 7.89. The Morgan fingerprint density at radius 3 is 2.48 bits per heavy atom. The highest BCUT2D eigenvalue weighted by Gasteiger charge is 2.19. The van der Waals surface area contributed by atoms with Crippen LogP contribution in [0.1, 0.15) is 30.6 Å². The van der Waals surface area contributed by atoms with E-state index >= 15 is 0 Å². The maximum Gasteiger partial charge on any atom is 0.255 e. The first-order valence-electron chi connectivity index (χ1n) is 8.46. The number of ether oxygens (including phenoxy) is 2. The van der Waals surface area contributed by atoms with Crippen LogP contribution in [0.3, 0.4) is 0 Å². The Labute approximate surface area is 159 Å². The van der Waals surface area contributed by atoms with Crippen LogP contribution >= 0.6 is 0 Å². The van der Waals surface area contributed by atoms with Gasteiger partial charge in [-0.3, -0.25) is 4.79 Å². The van der Waals surface area contributed by atoms with Gasteiger partial charge in [0.05, 0.1) is 24.8 Å². The molecule has 0 aliphatic rings. The van der Waals surface area contributed by atoms with E-state index in [0.29, 0.717) is 23.6 Å². The number of sulfonamides is 1. The number of methoxy groups -OCH3 is 2. The maximum absolute atomic E-state index is 12.6. The minimum Gasteiger partial charge on any atom is -0.497 e. The van der Waals surface area contributed by atoms with E-state index in [0.717, 1.165) is 0 Å². The van der Waals surface area contributed by atoms with Gasteiger partial charge in [-0.15, -0.1) is 0 Å². The summed E-state index contributed by atoms with van der Waals surface area (Å²) in [4.78, 5) is 12.6. The third kappa shape index (κ3) is 5.21. The predicted octanol–water partition coefficient (Wildman–Crippen LogP) is 3.03. The molecular weight excluding hydrogens is 368 g/mol. The smallest absolute Gasteiger partial charge is 0.255 e. The summed E-state index contributed by atoms with van der Waals surface area (Å²) in [6.45, 7) is 3.67. The molecule has 0 radical (unpaired) electrons. The van der Waals surface area contributed by atoms with E-state index in [1.54, 1.807) is 31.2 Å². The Hall–Kier alpha value is -2.58. The number of hydrogen-bond acceptors (Lipinski definition) is 5. The molecule has 1 amide bonds. The Morgan fingerprint density at radius 2 is 1.85 bits per heavy atom. The van der Waals surface area contributed by atoms with Crippen molar-refractivity contribution in [1.82, 2.24) is 4.72 Å². The van der Waals surface area contributed by atoms with Gasteiger partial charge in [0.2, 0.25) is 10.0 Å². The third-order valence-corrected chi connectivity index (χ3v) is 5.62. The number of benzene rings is 2. The zero-order valence-corrected chi connectivity index (χ0v) is 16.6. The lowest BCUT2D eigenvalue weighted by Crippen LogP contribution is -2.32. The zero-order chi connectivity index (χ0) is 20.0. The van der Waals surface area contributed by atoms with Crippen molar-refractivity contribution < 1.29 is 22.7 Å². The predicted molar refractivity (Wildman–Crippen MR) is 104 cm³/mol. The molecular formula is C19H24N2O5S. The number of nitrogens with one attached hydrogen (secondary N) is 2. The molecule has 7 nitrogen and oxygen atoms in total. The zero-order valence-electron chi connectivity index (χ0n) is 15.8. The molecule has 1 atom stereocenters. The van der Waals surface area contributed by atoms with Crippen molar-refractivity contribution in [2.45, 2.75) is 31.2 Å². The second-order valence-electron chi connectivity index (χ2n) is 5.98. The fourth-order valence-corrected chi connectivity index (χ4v) is 3.69. The number of anilines is 1. The maximum atomic E-state index is 12.6. The Kier molecular flexibility index (Phi) is 6.81. The van der Waals surface area contributed by atoms with Crippen molar-refractivity contribution in [2.75, 3.05) is 19.5 Å². The summed E-state index contributed by atoms with van der Waals surface area (Å²) >= 11 is 0. The SMILES string of the molecule is CCC(C)NS(=O)(=O)c1cccc(C(=O)Nc2ccc(OC)cc2OC)c1. The van der Waals surface area contributed by atoms with Gasteiger partial charge in [-0.2, -0.15) is 0 Å². The van der Waals surface area contributed by atoms with Crippen molar-refractivity contribution >= 4 is 21.6 Å². The van der Waals surface area contributed by atoms with Gasteiger partial charge in [-0.05, 0) is 43.7 Å². The van der Waals surface area contributed by atoms with Crippen molar-refractivity contribution in [3.8, 4) is 11.5 Å². The molecule has 0 aliphatic heterocycles. The summed E-state index contributed by atoms with van der Waals surface area (Å²) in [6, 6.07) is 10.7. The van der Waals surface area contributed by atoms with E-state index < -0.39 is 15.9 Å². The molecule has 0 heterocycles. The van der Waals surface area contributed by atoms with Crippen molar-refractivity contribution in [2.24, 2.45) is 0 Å². The van der Waals surface area contributed by atoms with Crippen LogP contribution in [-0.4, -0.2) is 34.6 Å². The second-order valence-corrected chi connectivity index (χ2v) is 7.69. The standard InChI is InChI=1S/C19H24N2O5S/c1-5-13(2)21-27(23,24)16-8-6-7-14(11-16)19(22)20-17-10-9-15(25-3)12-18(17)26-4/h6-13,21H,5H2,1-4H3,(H,20,22). The highest BCUT2D eigenvalue weighted by Crippen LogP contribution is 2.29. The molecule has 27 heavy (non-hydrogen) atoms. The number of carbonyl (C=O) groups excluding carboxylic acids is 1. The first-order chi connectivity index (χ1) is 12.8. The monoisotopic (exact) mass is 392 g/mol. The summed E-state index contributed by atoms with van der Waals surface area (Å²) in [5.41, 5.74) is 0.675. The Bertz CT molecular complexity index is 912. The lowest BCUT2D eigenvalue weighted by Gasteiger charge is -2.14. The van der Waals surface area contributed by atoms with Gasteiger partial charge in [-0.1, -0.05) is 13.0 Å². The van der Waals surface area contributed by atoms with Crippen LogP contribution in [0.15, 0.2) is 47.4 Å². The van der Waals surface area contributed by atoms with Crippen LogP contribution < -0.4 is 19.5 Å². The van der Waals surface area contributed by atoms with E-state index in [9.17, 15) is 13.2 Å². The first-order valence-corrected chi connectivity index (χ1v) is 9.94. The summed E-state index contributed by atoms with van der Waals surface area (Å²) < 4.78 is 37.8. The minimum atomic E-state index is -3.69. The number of hydrogen-bond donors (Lipinski definition) is 2.